The average Bonchev–Trinajstić information content (AvgIpc) is 2.40. The van der Waals surface area contributed by atoms with Crippen LogP contribution in [-0.4, -0.2) is 24.0 Å². The monoisotopic (exact) mass is 278 g/mol. The number of amides is 1. The van der Waals surface area contributed by atoms with Gasteiger partial charge in [0.25, 0.3) is 0 Å². The van der Waals surface area contributed by atoms with Crippen molar-refractivity contribution in [3.05, 3.63) is 29.8 Å². The van der Waals surface area contributed by atoms with Crippen molar-refractivity contribution in [1.82, 2.24) is 0 Å². The van der Waals surface area contributed by atoms with Gasteiger partial charge < -0.3 is 15.8 Å². The van der Waals surface area contributed by atoms with Gasteiger partial charge in [0.2, 0.25) is 5.91 Å². The fourth-order valence-electron chi connectivity index (χ4n) is 1.63. The largest absolute Gasteiger partial charge is 0.462 e. The minimum absolute atomic E-state index is 0.0324. The molecule has 0 saturated carbocycles. The summed E-state index contributed by atoms with van der Waals surface area (Å²) in [7, 11) is 0. The van der Waals surface area contributed by atoms with Gasteiger partial charge in [0, 0.05) is 12.1 Å². The van der Waals surface area contributed by atoms with Crippen LogP contribution in [0.4, 0.5) is 5.69 Å². The first-order valence-corrected chi connectivity index (χ1v) is 6.77. The van der Waals surface area contributed by atoms with E-state index in [1.165, 1.54) is 0 Å². The summed E-state index contributed by atoms with van der Waals surface area (Å²) in [5.74, 6) is -0.432. The van der Waals surface area contributed by atoms with E-state index in [9.17, 15) is 9.59 Å². The minimum atomic E-state index is -0.673. The molecule has 1 aromatic rings. The zero-order valence-corrected chi connectivity index (χ0v) is 12.2. The molecule has 0 aliphatic carbocycles. The summed E-state index contributed by atoms with van der Waals surface area (Å²) in [6.07, 6.45) is 0.682. The maximum Gasteiger partial charge on any atom is 0.323 e. The topological polar surface area (TPSA) is 81.4 Å². The maximum absolute atomic E-state index is 11.6. The first kappa shape index (κ1) is 16.2. The quantitative estimate of drug-likeness (QED) is 0.778. The van der Waals surface area contributed by atoms with E-state index in [4.69, 9.17) is 10.5 Å². The van der Waals surface area contributed by atoms with Gasteiger partial charge in [0.1, 0.15) is 6.04 Å². The number of carbonyl (C=O) groups excluding carboxylic acids is 2. The highest BCUT2D eigenvalue weighted by atomic mass is 16.5. The highest BCUT2D eigenvalue weighted by Gasteiger charge is 2.16. The summed E-state index contributed by atoms with van der Waals surface area (Å²) in [5.41, 5.74) is 7.45. The molecule has 1 rings (SSSR count). The molecule has 1 atom stereocenters. The SMILES string of the molecule is CCC(=O)Nc1ccc(C[C@H](N)C(=O)OC(C)C)cc1. The summed E-state index contributed by atoms with van der Waals surface area (Å²) < 4.78 is 5.05. The second-order valence-electron chi connectivity index (χ2n) is 4.89. The van der Waals surface area contributed by atoms with Gasteiger partial charge in [0.15, 0.2) is 0 Å². The Balaban J connectivity index is 2.56. The Bertz CT molecular complexity index is 455. The maximum atomic E-state index is 11.6. The molecule has 0 heterocycles. The van der Waals surface area contributed by atoms with Gasteiger partial charge in [-0.2, -0.15) is 0 Å². The predicted octanol–water partition coefficient (Wildman–Crippen LogP) is 1.86. The zero-order chi connectivity index (χ0) is 15.1. The lowest BCUT2D eigenvalue weighted by Gasteiger charge is -2.14. The van der Waals surface area contributed by atoms with Crippen LogP contribution in [0.1, 0.15) is 32.8 Å². The summed E-state index contributed by atoms with van der Waals surface area (Å²) >= 11 is 0. The van der Waals surface area contributed by atoms with Gasteiger partial charge in [-0.05, 0) is 38.0 Å². The Hall–Kier alpha value is -1.88. The van der Waals surface area contributed by atoms with Crippen molar-refractivity contribution in [1.29, 1.82) is 0 Å². The zero-order valence-electron chi connectivity index (χ0n) is 12.2. The third-order valence-electron chi connectivity index (χ3n) is 2.67. The Morgan fingerprint density at radius 1 is 1.25 bits per heavy atom. The lowest BCUT2D eigenvalue weighted by atomic mass is 10.1. The van der Waals surface area contributed by atoms with E-state index >= 15 is 0 Å². The van der Waals surface area contributed by atoms with Crippen LogP contribution in [0.5, 0.6) is 0 Å². The standard InChI is InChI=1S/C15H22N2O3/c1-4-14(18)17-12-7-5-11(6-8-12)9-13(16)15(19)20-10(2)3/h5-8,10,13H,4,9,16H2,1-3H3,(H,17,18)/t13-/m0/s1. The number of hydrogen-bond donors (Lipinski definition) is 2. The van der Waals surface area contributed by atoms with E-state index in [1.807, 2.05) is 12.1 Å². The smallest absolute Gasteiger partial charge is 0.323 e. The Morgan fingerprint density at radius 3 is 2.35 bits per heavy atom. The molecule has 3 N–H and O–H groups in total. The molecule has 0 aliphatic heterocycles. The number of rotatable bonds is 6. The van der Waals surface area contributed by atoms with Crippen molar-refractivity contribution >= 4 is 17.6 Å². The molecule has 0 saturated heterocycles. The number of carbonyl (C=O) groups is 2. The molecule has 0 aliphatic rings. The molecule has 0 spiro atoms. The van der Waals surface area contributed by atoms with Crippen LogP contribution < -0.4 is 11.1 Å². The lowest BCUT2D eigenvalue weighted by Crippen LogP contribution is -2.35. The number of nitrogens with one attached hydrogen (secondary N) is 1. The average molecular weight is 278 g/mol. The first-order chi connectivity index (χ1) is 9.42. The third kappa shape index (κ3) is 5.40. The van der Waals surface area contributed by atoms with Crippen LogP contribution in [0, 0.1) is 0 Å². The van der Waals surface area contributed by atoms with E-state index in [0.717, 1.165) is 11.3 Å². The van der Waals surface area contributed by atoms with Crippen LogP contribution in [0.2, 0.25) is 0 Å². The van der Waals surface area contributed by atoms with E-state index in [2.05, 4.69) is 5.32 Å². The van der Waals surface area contributed by atoms with Crippen molar-refractivity contribution in [3.8, 4) is 0 Å². The molecule has 5 nitrogen and oxygen atoms in total. The van der Waals surface area contributed by atoms with Gasteiger partial charge in [-0.1, -0.05) is 19.1 Å². The summed E-state index contributed by atoms with van der Waals surface area (Å²) in [5, 5.41) is 2.76. The number of ether oxygens (including phenoxy) is 1. The number of benzene rings is 1. The number of hydrogen-bond acceptors (Lipinski definition) is 4. The van der Waals surface area contributed by atoms with Gasteiger partial charge in [-0.3, -0.25) is 9.59 Å². The van der Waals surface area contributed by atoms with Crippen molar-refractivity contribution in [2.24, 2.45) is 5.73 Å². The van der Waals surface area contributed by atoms with Crippen LogP contribution in [-0.2, 0) is 20.7 Å². The Kier molecular flexibility index (Phi) is 6.18. The molecule has 5 heteroatoms. The van der Waals surface area contributed by atoms with Crippen molar-refractivity contribution in [2.45, 2.75) is 45.8 Å². The highest BCUT2D eigenvalue weighted by Crippen LogP contribution is 2.11. The molecule has 0 bridgehead atoms. The predicted molar refractivity (Wildman–Crippen MR) is 78.3 cm³/mol. The molecule has 20 heavy (non-hydrogen) atoms. The molecule has 0 aromatic heterocycles. The minimum Gasteiger partial charge on any atom is -0.462 e. The highest BCUT2D eigenvalue weighted by molar-refractivity contribution is 5.90. The van der Waals surface area contributed by atoms with E-state index in [-0.39, 0.29) is 12.0 Å². The molecule has 0 unspecified atom stereocenters. The van der Waals surface area contributed by atoms with E-state index in [0.29, 0.717) is 12.8 Å². The van der Waals surface area contributed by atoms with Crippen LogP contribution >= 0.6 is 0 Å². The van der Waals surface area contributed by atoms with Crippen molar-refractivity contribution in [2.75, 3.05) is 5.32 Å². The molecule has 1 aromatic carbocycles. The number of nitrogens with two attached hydrogens (primary N) is 1. The van der Waals surface area contributed by atoms with Gasteiger partial charge in [-0.25, -0.2) is 0 Å². The number of esters is 1. The Labute approximate surface area is 119 Å². The van der Waals surface area contributed by atoms with E-state index in [1.54, 1.807) is 32.9 Å². The molecule has 1 amide bonds. The van der Waals surface area contributed by atoms with Crippen LogP contribution in [0.3, 0.4) is 0 Å². The Morgan fingerprint density at radius 2 is 1.85 bits per heavy atom. The second kappa shape index (κ2) is 7.65. The van der Waals surface area contributed by atoms with Crippen LogP contribution in [0.25, 0.3) is 0 Å². The second-order valence-corrected chi connectivity index (χ2v) is 4.89. The normalized spacial score (nSPS) is 12.1. The summed E-state index contributed by atoms with van der Waals surface area (Å²) in [4.78, 5) is 22.8. The fraction of sp³-hybridized carbons (Fsp3) is 0.467. The van der Waals surface area contributed by atoms with Crippen molar-refractivity contribution in [3.63, 3.8) is 0 Å². The van der Waals surface area contributed by atoms with Gasteiger partial charge in [-0.15, -0.1) is 0 Å². The van der Waals surface area contributed by atoms with Crippen LogP contribution in [0.15, 0.2) is 24.3 Å². The van der Waals surface area contributed by atoms with E-state index < -0.39 is 12.0 Å². The molecular formula is C15H22N2O3. The summed E-state index contributed by atoms with van der Waals surface area (Å²) in [6, 6.07) is 6.60. The summed E-state index contributed by atoms with van der Waals surface area (Å²) in [6.45, 7) is 5.37. The van der Waals surface area contributed by atoms with Gasteiger partial charge in [0.05, 0.1) is 6.10 Å². The molecule has 110 valence electrons. The molecule has 0 fully saturated rings. The van der Waals surface area contributed by atoms with Gasteiger partial charge >= 0.3 is 5.97 Å². The molecule has 0 radical (unpaired) electrons. The molecular weight excluding hydrogens is 256 g/mol. The van der Waals surface area contributed by atoms with Crippen molar-refractivity contribution < 1.29 is 14.3 Å². The fourth-order valence-corrected chi connectivity index (χ4v) is 1.63. The third-order valence-corrected chi connectivity index (χ3v) is 2.67. The lowest BCUT2D eigenvalue weighted by molar-refractivity contribution is -0.148. The first-order valence-electron chi connectivity index (χ1n) is 6.77. The number of anilines is 1.